The molecule has 32 heavy (non-hydrogen) atoms. The van der Waals surface area contributed by atoms with Gasteiger partial charge in [0.15, 0.2) is 6.29 Å². The lowest BCUT2D eigenvalue weighted by Crippen LogP contribution is -2.67. The van der Waals surface area contributed by atoms with E-state index in [2.05, 4.69) is 26.1 Å². The molecule has 0 bridgehead atoms. The van der Waals surface area contributed by atoms with E-state index < -0.39 is 36.9 Å². The number of aliphatic hydroxyl groups excluding tert-OH is 1. The van der Waals surface area contributed by atoms with Gasteiger partial charge in [0.1, 0.15) is 30.1 Å². The van der Waals surface area contributed by atoms with Crippen LogP contribution in [-0.4, -0.2) is 48.3 Å². The second-order valence-corrected chi connectivity index (χ2v) is 9.33. The molecular weight excluding hydrogens is 410 g/mol. The van der Waals surface area contributed by atoms with Crippen LogP contribution in [0.15, 0.2) is 54.6 Å². The first-order chi connectivity index (χ1) is 15.2. The van der Waals surface area contributed by atoms with E-state index in [9.17, 15) is 9.90 Å². The molecule has 7 heteroatoms. The lowest BCUT2D eigenvalue weighted by atomic mass is 9.87. The Bertz CT molecular complexity index is 910. The number of rotatable bonds is 4. The largest absolute Gasteiger partial charge is 0.463 e. The average molecular weight is 442 g/mol. The Hall–Kier alpha value is -2.45. The molecule has 2 fully saturated rings. The smallest absolute Gasteiger partial charge is 0.223 e. The Morgan fingerprint density at radius 3 is 2.38 bits per heavy atom. The molecule has 0 radical (unpaired) electrons. The summed E-state index contributed by atoms with van der Waals surface area (Å²) in [4.78, 5) is 11.9. The summed E-state index contributed by atoms with van der Waals surface area (Å²) >= 11 is 0. The van der Waals surface area contributed by atoms with Gasteiger partial charge < -0.3 is 29.4 Å². The summed E-state index contributed by atoms with van der Waals surface area (Å²) < 4.78 is 24.1. The maximum Gasteiger partial charge on any atom is 0.223 e. The van der Waals surface area contributed by atoms with E-state index in [0.717, 1.165) is 5.56 Å². The summed E-state index contributed by atoms with van der Waals surface area (Å²) in [7, 11) is 0. The van der Waals surface area contributed by atoms with Gasteiger partial charge in [-0.25, -0.2) is 0 Å². The van der Waals surface area contributed by atoms with Crippen molar-refractivity contribution in [2.45, 2.75) is 70.0 Å². The molecule has 6 atom stereocenters. The van der Waals surface area contributed by atoms with Crippen LogP contribution >= 0.6 is 0 Å². The van der Waals surface area contributed by atoms with Gasteiger partial charge in [0.25, 0.3) is 0 Å². The number of hydrogen-bond acceptors (Lipinski definition) is 6. The van der Waals surface area contributed by atoms with Gasteiger partial charge in [-0.3, -0.25) is 4.79 Å². The van der Waals surface area contributed by atoms with E-state index in [1.54, 1.807) is 0 Å². The molecule has 172 valence electrons. The minimum Gasteiger partial charge on any atom is -0.463 e. The number of fused-ring (bicyclic) bond motifs is 1. The van der Waals surface area contributed by atoms with Gasteiger partial charge in [0.05, 0.1) is 6.61 Å². The van der Waals surface area contributed by atoms with Crippen LogP contribution in [0.5, 0.6) is 5.75 Å². The fourth-order valence-corrected chi connectivity index (χ4v) is 4.03. The quantitative estimate of drug-likeness (QED) is 0.759. The van der Waals surface area contributed by atoms with Gasteiger partial charge >= 0.3 is 0 Å². The minimum atomic E-state index is -1.04. The zero-order chi connectivity index (χ0) is 22.9. The number of ether oxygens (including phenoxy) is 4. The van der Waals surface area contributed by atoms with Crippen LogP contribution in [0.25, 0.3) is 0 Å². The van der Waals surface area contributed by atoms with Crippen molar-refractivity contribution in [3.05, 3.63) is 65.7 Å². The minimum absolute atomic E-state index is 0.0219. The standard InChI is InChI=1S/C25H31NO6/c1-15(27)26-20-21(28)22-19(14-29-23(32-22)16-8-6-5-7-9-16)31-24(20)30-18-12-10-17(11-13-18)25(2,3)4/h5-13,19-24,28H,14H2,1-4H3,(H,26,27)/t19-,20-,21-,22-,23+,24-/m1/s1. The topological polar surface area (TPSA) is 86.3 Å². The average Bonchev–Trinajstić information content (AvgIpc) is 2.76. The summed E-state index contributed by atoms with van der Waals surface area (Å²) in [6.07, 6.45) is -3.75. The number of nitrogens with one attached hydrogen (secondary N) is 1. The number of carbonyl (C=O) groups excluding carboxylic acids is 1. The van der Waals surface area contributed by atoms with Crippen molar-refractivity contribution in [1.82, 2.24) is 5.32 Å². The van der Waals surface area contributed by atoms with E-state index in [4.69, 9.17) is 18.9 Å². The summed E-state index contributed by atoms with van der Waals surface area (Å²) in [6.45, 7) is 8.05. The fraction of sp³-hybridized carbons (Fsp3) is 0.480. The number of benzene rings is 2. The van der Waals surface area contributed by atoms with Crippen molar-refractivity contribution in [2.24, 2.45) is 0 Å². The van der Waals surface area contributed by atoms with Crippen LogP contribution in [0.4, 0.5) is 0 Å². The van der Waals surface area contributed by atoms with Gasteiger partial charge in [0, 0.05) is 12.5 Å². The van der Waals surface area contributed by atoms with E-state index >= 15 is 0 Å². The molecule has 2 aromatic rings. The van der Waals surface area contributed by atoms with Crippen molar-refractivity contribution in [3.8, 4) is 5.75 Å². The molecule has 0 spiro atoms. The highest BCUT2D eigenvalue weighted by atomic mass is 16.7. The highest BCUT2D eigenvalue weighted by Crippen LogP contribution is 2.35. The zero-order valence-corrected chi connectivity index (χ0v) is 18.9. The SMILES string of the molecule is CC(=O)N[C@H]1[C@H](Oc2ccc(C(C)(C)C)cc2)O[C@@H]2CO[C@H](c3ccccc3)O[C@H]2[C@@H]1O. The third kappa shape index (κ3) is 4.96. The zero-order valence-electron chi connectivity index (χ0n) is 18.9. The molecule has 2 aromatic carbocycles. The van der Waals surface area contributed by atoms with Crippen molar-refractivity contribution in [3.63, 3.8) is 0 Å². The van der Waals surface area contributed by atoms with Crippen LogP contribution in [0.1, 0.15) is 45.1 Å². The fourth-order valence-electron chi connectivity index (χ4n) is 4.03. The van der Waals surface area contributed by atoms with Gasteiger partial charge in [-0.05, 0) is 23.1 Å². The molecule has 2 saturated heterocycles. The summed E-state index contributed by atoms with van der Waals surface area (Å²) in [5, 5.41) is 13.9. The number of aliphatic hydroxyl groups is 1. The van der Waals surface area contributed by atoms with Gasteiger partial charge in [-0.15, -0.1) is 0 Å². The molecule has 7 nitrogen and oxygen atoms in total. The van der Waals surface area contributed by atoms with E-state index in [-0.39, 0.29) is 17.9 Å². The van der Waals surface area contributed by atoms with Crippen LogP contribution < -0.4 is 10.1 Å². The number of amides is 1. The lowest BCUT2D eigenvalue weighted by Gasteiger charge is -2.47. The second-order valence-electron chi connectivity index (χ2n) is 9.33. The maximum atomic E-state index is 11.9. The monoisotopic (exact) mass is 441 g/mol. The first-order valence-corrected chi connectivity index (χ1v) is 10.9. The Morgan fingerprint density at radius 1 is 1.06 bits per heavy atom. The second kappa shape index (κ2) is 9.19. The number of hydrogen-bond donors (Lipinski definition) is 2. The summed E-state index contributed by atoms with van der Waals surface area (Å²) in [5.74, 6) is 0.295. The highest BCUT2D eigenvalue weighted by Gasteiger charge is 2.50. The molecule has 4 rings (SSSR count). The highest BCUT2D eigenvalue weighted by molar-refractivity contribution is 5.73. The molecule has 1 amide bonds. The predicted molar refractivity (Wildman–Crippen MR) is 118 cm³/mol. The third-order valence-corrected chi connectivity index (χ3v) is 5.78. The van der Waals surface area contributed by atoms with Crippen molar-refractivity contribution in [1.29, 1.82) is 0 Å². The Kier molecular flexibility index (Phi) is 6.53. The molecule has 0 saturated carbocycles. The molecule has 2 heterocycles. The van der Waals surface area contributed by atoms with Crippen molar-refractivity contribution < 1.29 is 28.8 Å². The predicted octanol–water partition coefficient (Wildman–Crippen LogP) is 3.07. The van der Waals surface area contributed by atoms with Crippen LogP contribution in [-0.2, 0) is 24.4 Å². The van der Waals surface area contributed by atoms with Gasteiger partial charge in [0.2, 0.25) is 12.2 Å². The summed E-state index contributed by atoms with van der Waals surface area (Å²) in [6, 6.07) is 16.5. The molecule has 2 aliphatic rings. The third-order valence-electron chi connectivity index (χ3n) is 5.78. The molecule has 0 aliphatic carbocycles. The molecule has 0 aromatic heterocycles. The van der Waals surface area contributed by atoms with Crippen molar-refractivity contribution in [2.75, 3.05) is 6.61 Å². The maximum absolute atomic E-state index is 11.9. The molecule has 2 N–H and O–H groups in total. The number of carbonyl (C=O) groups is 1. The Balaban J connectivity index is 1.51. The van der Waals surface area contributed by atoms with E-state index in [1.165, 1.54) is 12.5 Å². The van der Waals surface area contributed by atoms with Crippen molar-refractivity contribution >= 4 is 5.91 Å². The Morgan fingerprint density at radius 2 is 1.75 bits per heavy atom. The van der Waals surface area contributed by atoms with E-state index in [1.807, 2.05) is 54.6 Å². The summed E-state index contributed by atoms with van der Waals surface area (Å²) in [5.41, 5.74) is 2.05. The molecular formula is C25H31NO6. The van der Waals surface area contributed by atoms with Crippen LogP contribution in [0.3, 0.4) is 0 Å². The van der Waals surface area contributed by atoms with E-state index in [0.29, 0.717) is 5.75 Å². The van der Waals surface area contributed by atoms with Gasteiger partial charge in [-0.2, -0.15) is 0 Å². The lowest BCUT2D eigenvalue weighted by molar-refractivity contribution is -0.333. The molecule has 2 aliphatic heterocycles. The first-order valence-electron chi connectivity index (χ1n) is 10.9. The first kappa shape index (κ1) is 22.7. The van der Waals surface area contributed by atoms with Gasteiger partial charge in [-0.1, -0.05) is 63.2 Å². The Labute approximate surface area is 188 Å². The normalized spacial score (nSPS) is 30.3. The molecule has 0 unspecified atom stereocenters. The van der Waals surface area contributed by atoms with Crippen LogP contribution in [0, 0.1) is 0 Å². The van der Waals surface area contributed by atoms with Crippen LogP contribution in [0.2, 0.25) is 0 Å².